The van der Waals surface area contributed by atoms with Gasteiger partial charge in [-0.3, -0.25) is 9.48 Å². The molecule has 8 heteroatoms. The van der Waals surface area contributed by atoms with Gasteiger partial charge in [0.05, 0.1) is 21.9 Å². The second kappa shape index (κ2) is 10.1. The fourth-order valence-electron chi connectivity index (χ4n) is 4.41. The number of nitrogens with zero attached hydrogens (tertiary/aromatic N) is 2. The van der Waals surface area contributed by atoms with Crippen LogP contribution >= 0.6 is 0 Å². The molecule has 2 aromatic carbocycles. The second-order valence-corrected chi connectivity index (χ2v) is 11.1. The number of carbonyl (C=O) groups excluding carboxylic acids is 1. The molecule has 4 rings (SSSR count). The van der Waals surface area contributed by atoms with E-state index < -0.39 is 9.71 Å². The van der Waals surface area contributed by atoms with E-state index >= 15 is 0 Å². The molecular weight excluding hydrogens is 451 g/mol. The number of hydrogen-bond donors (Lipinski definition) is 2. The normalized spacial score (nSPS) is 20.9. The summed E-state index contributed by atoms with van der Waals surface area (Å²) in [6, 6.07) is 13.6. The number of aryl methyl sites for hydroxylation is 1. The average Bonchev–Trinajstić information content (AvgIpc) is 3.26. The van der Waals surface area contributed by atoms with E-state index in [1.807, 2.05) is 44.4 Å². The summed E-state index contributed by atoms with van der Waals surface area (Å²) in [4.78, 5) is 13.4. The Morgan fingerprint density at radius 2 is 1.74 bits per heavy atom. The van der Waals surface area contributed by atoms with Crippen molar-refractivity contribution in [2.24, 2.45) is 13.0 Å². The molecule has 0 radical (unpaired) electrons. The van der Waals surface area contributed by atoms with E-state index in [9.17, 15) is 13.4 Å². The number of halogens is 1. The van der Waals surface area contributed by atoms with Crippen LogP contribution in [0.15, 0.2) is 65.8 Å². The highest BCUT2D eigenvalue weighted by molar-refractivity contribution is 7.98. The standard InChI is InChI=1S/C26H31FN4O2S/c1-18(19-4-10-23(27)11-5-19)29-26(32)21-6-12-24(13-7-21)30-34(3,33)25-14-8-20(9-15-25)22-16-28-31(2)17-22/h4-5,8-11,14-18,21,24H,3,6-7,12-13H2,1-2H3,(H,29,32)(H,30,33)/t18-,21-,24-,34?/m1/s1. The van der Waals surface area contributed by atoms with E-state index in [1.54, 1.807) is 23.0 Å². The monoisotopic (exact) mass is 482 g/mol. The zero-order valence-electron chi connectivity index (χ0n) is 19.5. The lowest BCUT2D eigenvalue weighted by molar-refractivity contribution is -0.126. The number of benzene rings is 2. The summed E-state index contributed by atoms with van der Waals surface area (Å²) in [6.07, 6.45) is 6.67. The molecule has 1 unspecified atom stereocenters. The predicted molar refractivity (Wildman–Crippen MR) is 134 cm³/mol. The summed E-state index contributed by atoms with van der Waals surface area (Å²) in [5.41, 5.74) is 2.88. The molecule has 0 spiro atoms. The third-order valence-corrected chi connectivity index (χ3v) is 8.20. The van der Waals surface area contributed by atoms with Crippen molar-refractivity contribution in [3.05, 3.63) is 72.3 Å². The van der Waals surface area contributed by atoms with Crippen molar-refractivity contribution in [3.63, 3.8) is 0 Å². The lowest BCUT2D eigenvalue weighted by atomic mass is 9.85. The number of carbonyl (C=O) groups is 1. The van der Waals surface area contributed by atoms with Crippen LogP contribution in [-0.2, 0) is 21.5 Å². The SMILES string of the molecule is C=S(=O)(N[C@H]1CC[C@H](C(=O)N[C@H](C)c2ccc(F)cc2)CC1)c1ccc(-c2cnn(C)c2)cc1. The van der Waals surface area contributed by atoms with Gasteiger partial charge in [0.1, 0.15) is 5.82 Å². The fourth-order valence-corrected chi connectivity index (χ4v) is 5.90. The zero-order chi connectivity index (χ0) is 24.3. The first-order valence-corrected chi connectivity index (χ1v) is 13.2. The number of rotatable bonds is 7. The van der Waals surface area contributed by atoms with Crippen LogP contribution in [0.1, 0.15) is 44.2 Å². The molecule has 2 N–H and O–H groups in total. The quantitative estimate of drug-likeness (QED) is 0.495. The maximum absolute atomic E-state index is 13.3. The van der Waals surface area contributed by atoms with Gasteiger partial charge in [0.2, 0.25) is 5.91 Å². The van der Waals surface area contributed by atoms with E-state index in [0.29, 0.717) is 4.90 Å². The Bertz CT molecular complexity index is 1230. The van der Waals surface area contributed by atoms with Gasteiger partial charge in [0.25, 0.3) is 0 Å². The van der Waals surface area contributed by atoms with Gasteiger partial charge in [-0.1, -0.05) is 24.3 Å². The third-order valence-electron chi connectivity index (χ3n) is 6.46. The minimum Gasteiger partial charge on any atom is -0.349 e. The molecule has 0 bridgehead atoms. The van der Waals surface area contributed by atoms with Gasteiger partial charge in [-0.05, 0) is 73.9 Å². The third kappa shape index (κ3) is 5.74. The molecule has 1 amide bonds. The molecule has 0 aliphatic heterocycles. The van der Waals surface area contributed by atoms with Gasteiger partial charge in [0.15, 0.2) is 0 Å². The average molecular weight is 483 g/mol. The summed E-state index contributed by atoms with van der Waals surface area (Å²) in [7, 11) is -0.782. The van der Waals surface area contributed by atoms with Gasteiger partial charge >= 0.3 is 0 Å². The highest BCUT2D eigenvalue weighted by atomic mass is 32.2. The topological polar surface area (TPSA) is 76.0 Å². The molecule has 0 saturated heterocycles. The zero-order valence-corrected chi connectivity index (χ0v) is 20.4. The van der Waals surface area contributed by atoms with Crippen LogP contribution in [0.2, 0.25) is 0 Å². The highest BCUT2D eigenvalue weighted by Gasteiger charge is 2.28. The van der Waals surface area contributed by atoms with Crippen molar-refractivity contribution in [2.45, 2.75) is 49.6 Å². The van der Waals surface area contributed by atoms with E-state index in [0.717, 1.165) is 42.4 Å². The molecule has 180 valence electrons. The van der Waals surface area contributed by atoms with E-state index in [1.165, 1.54) is 12.1 Å². The Kier molecular flexibility index (Phi) is 7.19. The van der Waals surface area contributed by atoms with E-state index in [2.05, 4.69) is 21.0 Å². The number of aromatic nitrogens is 2. The van der Waals surface area contributed by atoms with Crippen LogP contribution in [0.4, 0.5) is 4.39 Å². The largest absolute Gasteiger partial charge is 0.349 e. The maximum Gasteiger partial charge on any atom is 0.223 e. The molecule has 1 aliphatic carbocycles. The first-order chi connectivity index (χ1) is 16.2. The molecule has 1 aliphatic rings. The lowest BCUT2D eigenvalue weighted by Crippen LogP contribution is -2.41. The molecule has 34 heavy (non-hydrogen) atoms. The Morgan fingerprint density at radius 3 is 2.32 bits per heavy atom. The summed E-state index contributed by atoms with van der Waals surface area (Å²) < 4.78 is 31.4. The second-order valence-electron chi connectivity index (χ2n) is 9.05. The first kappa shape index (κ1) is 24.2. The number of nitrogens with one attached hydrogen (secondary N) is 2. The van der Waals surface area contributed by atoms with Gasteiger partial charge in [0, 0.05) is 35.7 Å². The molecule has 1 heterocycles. The van der Waals surface area contributed by atoms with Crippen molar-refractivity contribution in [1.82, 2.24) is 19.8 Å². The molecule has 1 aromatic heterocycles. The van der Waals surface area contributed by atoms with Crippen molar-refractivity contribution >= 4 is 21.5 Å². The van der Waals surface area contributed by atoms with Gasteiger partial charge < -0.3 is 5.32 Å². The van der Waals surface area contributed by atoms with Crippen LogP contribution in [0, 0.1) is 11.7 Å². The minimum atomic E-state index is -2.65. The Hall–Kier alpha value is -2.97. The summed E-state index contributed by atoms with van der Waals surface area (Å²) in [5.74, 6) is 3.60. The molecule has 6 nitrogen and oxygen atoms in total. The molecular formula is C26H31FN4O2S. The molecule has 1 fully saturated rings. The van der Waals surface area contributed by atoms with Crippen LogP contribution in [0.3, 0.4) is 0 Å². The Morgan fingerprint density at radius 1 is 1.09 bits per heavy atom. The van der Waals surface area contributed by atoms with Crippen molar-refractivity contribution in [1.29, 1.82) is 0 Å². The van der Waals surface area contributed by atoms with E-state index in [4.69, 9.17) is 0 Å². The lowest BCUT2D eigenvalue weighted by Gasteiger charge is -2.30. The van der Waals surface area contributed by atoms with Crippen LogP contribution in [0.5, 0.6) is 0 Å². The minimum absolute atomic E-state index is 0.0108. The smallest absolute Gasteiger partial charge is 0.223 e. The highest BCUT2D eigenvalue weighted by Crippen LogP contribution is 2.27. The van der Waals surface area contributed by atoms with Crippen LogP contribution in [-0.4, -0.2) is 31.8 Å². The molecule has 2 atom stereocenters. The summed E-state index contributed by atoms with van der Waals surface area (Å²) in [5, 5.41) is 7.23. The predicted octanol–water partition coefficient (Wildman–Crippen LogP) is 4.24. The van der Waals surface area contributed by atoms with Gasteiger partial charge in [-0.15, -0.1) is 0 Å². The van der Waals surface area contributed by atoms with Crippen LogP contribution < -0.4 is 10.0 Å². The number of amides is 1. The maximum atomic E-state index is 13.3. The summed E-state index contributed by atoms with van der Waals surface area (Å²) >= 11 is 0. The number of hydrogen-bond acceptors (Lipinski definition) is 3. The molecule has 3 aromatic rings. The van der Waals surface area contributed by atoms with Crippen molar-refractivity contribution < 1.29 is 13.4 Å². The Balaban J connectivity index is 1.29. The van der Waals surface area contributed by atoms with Crippen molar-refractivity contribution in [2.75, 3.05) is 0 Å². The Labute approximate surface area is 200 Å². The fraction of sp³-hybridized carbons (Fsp3) is 0.346. The summed E-state index contributed by atoms with van der Waals surface area (Å²) in [6.45, 7) is 1.90. The van der Waals surface area contributed by atoms with Gasteiger partial charge in [-0.25, -0.2) is 13.3 Å². The van der Waals surface area contributed by atoms with Crippen LogP contribution in [0.25, 0.3) is 11.1 Å². The first-order valence-electron chi connectivity index (χ1n) is 11.5. The van der Waals surface area contributed by atoms with E-state index in [-0.39, 0.29) is 29.7 Å². The molecule has 1 saturated carbocycles. The van der Waals surface area contributed by atoms with Gasteiger partial charge in [-0.2, -0.15) is 5.10 Å². The van der Waals surface area contributed by atoms with Crippen molar-refractivity contribution in [3.8, 4) is 11.1 Å².